The van der Waals surface area contributed by atoms with Crippen LogP contribution in [0.2, 0.25) is 0 Å². The SMILES string of the molecule is CCCCOc1cc(C)nc(NCCC)n1. The van der Waals surface area contributed by atoms with Gasteiger partial charge in [0.05, 0.1) is 6.61 Å². The molecule has 0 saturated carbocycles. The van der Waals surface area contributed by atoms with Gasteiger partial charge in [-0.3, -0.25) is 0 Å². The van der Waals surface area contributed by atoms with Crippen LogP contribution in [0.1, 0.15) is 38.8 Å². The molecule has 0 aliphatic rings. The fourth-order valence-electron chi connectivity index (χ4n) is 1.25. The maximum absolute atomic E-state index is 5.56. The molecule has 1 aromatic rings. The summed E-state index contributed by atoms with van der Waals surface area (Å²) in [5.41, 5.74) is 0.931. The average molecular weight is 223 g/mol. The molecule has 1 rings (SSSR count). The number of unbranched alkanes of at least 4 members (excludes halogenated alkanes) is 1. The predicted molar refractivity (Wildman–Crippen MR) is 66.0 cm³/mol. The summed E-state index contributed by atoms with van der Waals surface area (Å²) in [6.45, 7) is 7.81. The third-order valence-electron chi connectivity index (χ3n) is 2.11. The van der Waals surface area contributed by atoms with Crippen LogP contribution in [0.25, 0.3) is 0 Å². The van der Waals surface area contributed by atoms with Gasteiger partial charge in [0.2, 0.25) is 11.8 Å². The third-order valence-corrected chi connectivity index (χ3v) is 2.11. The van der Waals surface area contributed by atoms with Gasteiger partial charge in [-0.15, -0.1) is 0 Å². The summed E-state index contributed by atoms with van der Waals surface area (Å²) in [7, 11) is 0. The number of aromatic nitrogens is 2. The first kappa shape index (κ1) is 12.7. The maximum Gasteiger partial charge on any atom is 0.226 e. The van der Waals surface area contributed by atoms with Crippen molar-refractivity contribution in [2.24, 2.45) is 0 Å². The first-order chi connectivity index (χ1) is 7.76. The van der Waals surface area contributed by atoms with Gasteiger partial charge in [-0.25, -0.2) is 4.98 Å². The van der Waals surface area contributed by atoms with Crippen LogP contribution in [0.5, 0.6) is 5.88 Å². The van der Waals surface area contributed by atoms with Gasteiger partial charge in [0.15, 0.2) is 0 Å². The minimum Gasteiger partial charge on any atom is -0.478 e. The fourth-order valence-corrected chi connectivity index (χ4v) is 1.25. The monoisotopic (exact) mass is 223 g/mol. The lowest BCUT2D eigenvalue weighted by Crippen LogP contribution is -2.07. The van der Waals surface area contributed by atoms with E-state index in [9.17, 15) is 0 Å². The summed E-state index contributed by atoms with van der Waals surface area (Å²) >= 11 is 0. The van der Waals surface area contributed by atoms with Crippen molar-refractivity contribution in [2.75, 3.05) is 18.5 Å². The van der Waals surface area contributed by atoms with E-state index < -0.39 is 0 Å². The quantitative estimate of drug-likeness (QED) is 0.722. The number of rotatable bonds is 7. The van der Waals surface area contributed by atoms with Crippen molar-refractivity contribution < 1.29 is 4.74 Å². The van der Waals surface area contributed by atoms with Crippen LogP contribution < -0.4 is 10.1 Å². The van der Waals surface area contributed by atoms with Crippen molar-refractivity contribution in [1.29, 1.82) is 0 Å². The molecule has 4 nitrogen and oxygen atoms in total. The number of ether oxygens (including phenoxy) is 1. The molecule has 4 heteroatoms. The summed E-state index contributed by atoms with van der Waals surface area (Å²) in [5.74, 6) is 1.33. The Kier molecular flexibility index (Phi) is 5.61. The zero-order valence-corrected chi connectivity index (χ0v) is 10.4. The fraction of sp³-hybridized carbons (Fsp3) is 0.667. The van der Waals surface area contributed by atoms with Crippen molar-refractivity contribution in [1.82, 2.24) is 9.97 Å². The van der Waals surface area contributed by atoms with Gasteiger partial charge in [0.1, 0.15) is 0 Å². The van der Waals surface area contributed by atoms with Gasteiger partial charge in [-0.05, 0) is 19.8 Å². The number of aryl methyl sites for hydroxylation is 1. The van der Waals surface area contributed by atoms with E-state index in [0.717, 1.165) is 38.1 Å². The van der Waals surface area contributed by atoms with Crippen molar-refractivity contribution in [2.45, 2.75) is 40.0 Å². The number of hydrogen-bond acceptors (Lipinski definition) is 4. The number of nitrogens with zero attached hydrogens (tertiary/aromatic N) is 2. The third kappa shape index (κ3) is 4.47. The van der Waals surface area contributed by atoms with Gasteiger partial charge >= 0.3 is 0 Å². The summed E-state index contributed by atoms with van der Waals surface area (Å²) in [4.78, 5) is 8.60. The zero-order valence-electron chi connectivity index (χ0n) is 10.4. The van der Waals surface area contributed by atoms with Crippen LogP contribution in [0.4, 0.5) is 5.95 Å². The Bertz CT molecular complexity index is 315. The van der Waals surface area contributed by atoms with Crippen LogP contribution in [-0.2, 0) is 0 Å². The highest BCUT2D eigenvalue weighted by molar-refractivity contribution is 5.30. The van der Waals surface area contributed by atoms with Crippen LogP contribution in [0.3, 0.4) is 0 Å². The van der Waals surface area contributed by atoms with E-state index in [2.05, 4.69) is 29.1 Å². The Morgan fingerprint density at radius 2 is 2.06 bits per heavy atom. The highest BCUT2D eigenvalue weighted by Crippen LogP contribution is 2.12. The Morgan fingerprint density at radius 1 is 1.25 bits per heavy atom. The molecule has 0 amide bonds. The highest BCUT2D eigenvalue weighted by atomic mass is 16.5. The first-order valence-electron chi connectivity index (χ1n) is 5.98. The molecule has 0 aromatic carbocycles. The molecule has 0 aliphatic heterocycles. The van der Waals surface area contributed by atoms with E-state index in [1.165, 1.54) is 0 Å². The minimum atomic E-state index is 0.661. The van der Waals surface area contributed by atoms with E-state index in [1.807, 2.05) is 13.0 Å². The molecule has 0 unspecified atom stereocenters. The molecule has 16 heavy (non-hydrogen) atoms. The van der Waals surface area contributed by atoms with Gasteiger partial charge in [-0.2, -0.15) is 4.98 Å². The van der Waals surface area contributed by atoms with Crippen molar-refractivity contribution in [3.8, 4) is 5.88 Å². The first-order valence-corrected chi connectivity index (χ1v) is 5.98. The number of hydrogen-bond donors (Lipinski definition) is 1. The second-order valence-corrected chi connectivity index (χ2v) is 3.80. The Labute approximate surface area is 97.5 Å². The van der Waals surface area contributed by atoms with Crippen LogP contribution in [0.15, 0.2) is 6.07 Å². The van der Waals surface area contributed by atoms with E-state index in [-0.39, 0.29) is 0 Å². The molecule has 0 saturated heterocycles. The second kappa shape index (κ2) is 7.04. The molecule has 0 spiro atoms. The summed E-state index contributed by atoms with van der Waals surface area (Å²) in [6.07, 6.45) is 3.25. The van der Waals surface area contributed by atoms with Crippen LogP contribution in [0, 0.1) is 6.92 Å². The van der Waals surface area contributed by atoms with Crippen molar-refractivity contribution in [3.63, 3.8) is 0 Å². The largest absolute Gasteiger partial charge is 0.478 e. The standard InChI is InChI=1S/C12H21N3O/c1-4-6-8-16-11-9-10(3)14-12(15-11)13-7-5-2/h9H,4-8H2,1-3H3,(H,13,14,15). The predicted octanol–water partition coefficient (Wildman–Crippen LogP) is 2.79. The Morgan fingerprint density at radius 3 is 2.75 bits per heavy atom. The normalized spacial score (nSPS) is 10.2. The van der Waals surface area contributed by atoms with Crippen LogP contribution >= 0.6 is 0 Å². The zero-order chi connectivity index (χ0) is 11.8. The lowest BCUT2D eigenvalue weighted by molar-refractivity contribution is 0.297. The molecule has 1 heterocycles. The molecule has 0 atom stereocenters. The number of anilines is 1. The molecule has 0 fully saturated rings. The Hall–Kier alpha value is -1.32. The Balaban J connectivity index is 2.58. The van der Waals surface area contributed by atoms with Gasteiger partial charge < -0.3 is 10.1 Å². The highest BCUT2D eigenvalue weighted by Gasteiger charge is 2.02. The lowest BCUT2D eigenvalue weighted by Gasteiger charge is -2.08. The molecule has 0 aliphatic carbocycles. The lowest BCUT2D eigenvalue weighted by atomic mass is 10.4. The van der Waals surface area contributed by atoms with E-state index in [0.29, 0.717) is 11.8 Å². The summed E-state index contributed by atoms with van der Waals surface area (Å²) in [6, 6.07) is 1.87. The topological polar surface area (TPSA) is 47.0 Å². The maximum atomic E-state index is 5.56. The molecular formula is C12H21N3O. The summed E-state index contributed by atoms with van der Waals surface area (Å²) < 4.78 is 5.56. The van der Waals surface area contributed by atoms with Crippen LogP contribution in [-0.4, -0.2) is 23.1 Å². The molecular weight excluding hydrogens is 202 g/mol. The molecule has 1 aromatic heterocycles. The molecule has 0 radical (unpaired) electrons. The summed E-state index contributed by atoms with van der Waals surface area (Å²) in [5, 5.41) is 3.16. The smallest absolute Gasteiger partial charge is 0.226 e. The van der Waals surface area contributed by atoms with E-state index in [1.54, 1.807) is 0 Å². The minimum absolute atomic E-state index is 0.661. The number of nitrogens with one attached hydrogen (secondary N) is 1. The second-order valence-electron chi connectivity index (χ2n) is 3.80. The molecule has 1 N–H and O–H groups in total. The average Bonchev–Trinajstić information content (AvgIpc) is 2.26. The van der Waals surface area contributed by atoms with Gasteiger partial charge in [0, 0.05) is 18.3 Å². The van der Waals surface area contributed by atoms with Crippen molar-refractivity contribution in [3.05, 3.63) is 11.8 Å². The van der Waals surface area contributed by atoms with Crippen molar-refractivity contribution >= 4 is 5.95 Å². The molecule has 0 bridgehead atoms. The van der Waals surface area contributed by atoms with Gasteiger partial charge in [-0.1, -0.05) is 20.3 Å². The van der Waals surface area contributed by atoms with E-state index >= 15 is 0 Å². The van der Waals surface area contributed by atoms with E-state index in [4.69, 9.17) is 4.74 Å². The molecule has 90 valence electrons. The van der Waals surface area contributed by atoms with Gasteiger partial charge in [0.25, 0.3) is 0 Å².